The molecule has 1 aromatic rings. The quantitative estimate of drug-likeness (QED) is 0.857. The van der Waals surface area contributed by atoms with E-state index >= 15 is 0 Å². The molecule has 2 aliphatic rings. The van der Waals surface area contributed by atoms with Gasteiger partial charge in [-0.25, -0.2) is 8.78 Å². The van der Waals surface area contributed by atoms with Crippen LogP contribution >= 0.6 is 0 Å². The summed E-state index contributed by atoms with van der Waals surface area (Å²) >= 11 is 0. The Balaban J connectivity index is 1.86. The number of nitrogens with zero attached hydrogens (tertiary/aromatic N) is 1. The summed E-state index contributed by atoms with van der Waals surface area (Å²) in [6, 6.07) is 2.73. The van der Waals surface area contributed by atoms with Crippen LogP contribution in [0.5, 0.6) is 0 Å². The molecule has 0 bridgehead atoms. The van der Waals surface area contributed by atoms with E-state index in [2.05, 4.69) is 0 Å². The van der Waals surface area contributed by atoms with Gasteiger partial charge in [0.2, 0.25) is 0 Å². The third kappa shape index (κ3) is 3.06. The number of halogens is 2. The topological polar surface area (TPSA) is 29.3 Å². The first-order valence-corrected chi connectivity index (χ1v) is 7.10. The van der Waals surface area contributed by atoms with Crippen molar-refractivity contribution in [3.63, 3.8) is 0 Å². The molecule has 4 heteroatoms. The summed E-state index contributed by atoms with van der Waals surface area (Å²) < 4.78 is 28.3. The lowest BCUT2D eigenvalue weighted by atomic mass is 10.1. The minimum Gasteiger partial charge on any atom is -0.366 e. The molecule has 0 amide bonds. The molecule has 2 aliphatic carbocycles. The third-order valence-electron chi connectivity index (χ3n) is 3.98. The van der Waals surface area contributed by atoms with Gasteiger partial charge < -0.3 is 10.6 Å². The fourth-order valence-electron chi connectivity index (χ4n) is 2.52. The van der Waals surface area contributed by atoms with E-state index in [0.29, 0.717) is 17.4 Å². The summed E-state index contributed by atoms with van der Waals surface area (Å²) in [5.74, 6) is 0.293. The van der Waals surface area contributed by atoms with Crippen LogP contribution in [0.3, 0.4) is 0 Å². The molecule has 3 rings (SSSR count). The van der Waals surface area contributed by atoms with E-state index in [4.69, 9.17) is 5.73 Å². The van der Waals surface area contributed by atoms with E-state index in [1.165, 1.54) is 37.8 Å². The second-order valence-corrected chi connectivity index (χ2v) is 5.90. The number of hydrogen-bond donors (Lipinski definition) is 1. The molecule has 0 aliphatic heterocycles. The first kappa shape index (κ1) is 12.9. The van der Waals surface area contributed by atoms with Crippen LogP contribution in [0.2, 0.25) is 0 Å². The van der Waals surface area contributed by atoms with Crippen molar-refractivity contribution in [1.29, 1.82) is 0 Å². The molecule has 0 heterocycles. The molecule has 2 fully saturated rings. The monoisotopic (exact) mass is 266 g/mol. The van der Waals surface area contributed by atoms with Gasteiger partial charge in [-0.15, -0.1) is 0 Å². The normalized spacial score (nSPS) is 18.7. The largest absolute Gasteiger partial charge is 0.366 e. The molecule has 0 radical (unpaired) electrons. The predicted molar refractivity (Wildman–Crippen MR) is 71.9 cm³/mol. The van der Waals surface area contributed by atoms with Gasteiger partial charge >= 0.3 is 0 Å². The summed E-state index contributed by atoms with van der Waals surface area (Å²) in [7, 11) is 0. The van der Waals surface area contributed by atoms with Gasteiger partial charge in [0.15, 0.2) is 0 Å². The number of rotatable bonds is 6. The highest BCUT2D eigenvalue weighted by Gasteiger charge is 2.31. The Morgan fingerprint density at radius 2 is 1.47 bits per heavy atom. The standard InChI is InChI=1S/C15H20F2N2/c16-13-5-12(7-18)6-14(17)15(13)19(8-10-1-2-10)9-11-3-4-11/h5-6,10-11H,1-4,7-9,18H2. The number of nitrogens with two attached hydrogens (primary N) is 1. The van der Waals surface area contributed by atoms with Crippen LogP contribution < -0.4 is 10.6 Å². The lowest BCUT2D eigenvalue weighted by Gasteiger charge is -2.26. The second kappa shape index (κ2) is 5.08. The van der Waals surface area contributed by atoms with Crippen molar-refractivity contribution in [1.82, 2.24) is 0 Å². The predicted octanol–water partition coefficient (Wildman–Crippen LogP) is 3.05. The van der Waals surface area contributed by atoms with Gasteiger partial charge in [-0.05, 0) is 55.2 Å². The summed E-state index contributed by atoms with van der Waals surface area (Å²) in [6.07, 6.45) is 4.74. The highest BCUT2D eigenvalue weighted by atomic mass is 19.1. The van der Waals surface area contributed by atoms with Gasteiger partial charge in [0.05, 0.1) is 0 Å². The molecule has 1 aromatic carbocycles. The van der Waals surface area contributed by atoms with Gasteiger partial charge in [0.25, 0.3) is 0 Å². The molecule has 0 aromatic heterocycles. The van der Waals surface area contributed by atoms with E-state index in [-0.39, 0.29) is 12.2 Å². The molecule has 0 saturated heterocycles. The molecule has 0 atom stereocenters. The fraction of sp³-hybridized carbons (Fsp3) is 0.600. The Hall–Kier alpha value is -1.16. The van der Waals surface area contributed by atoms with Crippen molar-refractivity contribution in [3.05, 3.63) is 29.3 Å². The number of anilines is 1. The smallest absolute Gasteiger partial charge is 0.149 e. The molecule has 0 unspecified atom stereocenters. The number of hydrogen-bond acceptors (Lipinski definition) is 2. The van der Waals surface area contributed by atoms with Crippen LogP contribution in [-0.4, -0.2) is 13.1 Å². The van der Waals surface area contributed by atoms with Crippen molar-refractivity contribution in [2.24, 2.45) is 17.6 Å². The van der Waals surface area contributed by atoms with Gasteiger partial charge in [0.1, 0.15) is 17.3 Å². The summed E-state index contributed by atoms with van der Waals surface area (Å²) in [5, 5.41) is 0. The first-order valence-electron chi connectivity index (χ1n) is 7.10. The Bertz CT molecular complexity index is 430. The van der Waals surface area contributed by atoms with E-state index in [9.17, 15) is 8.78 Å². The van der Waals surface area contributed by atoms with Crippen LogP contribution in [0.1, 0.15) is 31.2 Å². The Morgan fingerprint density at radius 3 is 1.84 bits per heavy atom. The Labute approximate surface area is 112 Å². The maximum atomic E-state index is 14.2. The van der Waals surface area contributed by atoms with Gasteiger partial charge in [0, 0.05) is 19.6 Å². The van der Waals surface area contributed by atoms with Crippen LogP contribution in [0.4, 0.5) is 14.5 Å². The van der Waals surface area contributed by atoms with Crippen molar-refractivity contribution in [2.75, 3.05) is 18.0 Å². The fourth-order valence-corrected chi connectivity index (χ4v) is 2.52. The average molecular weight is 266 g/mol. The Morgan fingerprint density at radius 1 is 1.00 bits per heavy atom. The van der Waals surface area contributed by atoms with Crippen molar-refractivity contribution >= 4 is 5.69 Å². The molecular weight excluding hydrogens is 246 g/mol. The zero-order chi connectivity index (χ0) is 13.4. The molecule has 104 valence electrons. The number of benzene rings is 1. The van der Waals surface area contributed by atoms with Gasteiger partial charge in [-0.1, -0.05) is 0 Å². The van der Waals surface area contributed by atoms with Crippen LogP contribution in [0.25, 0.3) is 0 Å². The third-order valence-corrected chi connectivity index (χ3v) is 3.98. The van der Waals surface area contributed by atoms with Crippen LogP contribution in [0.15, 0.2) is 12.1 Å². The summed E-state index contributed by atoms with van der Waals surface area (Å²) in [4.78, 5) is 1.92. The highest BCUT2D eigenvalue weighted by molar-refractivity contribution is 5.51. The molecule has 2 N–H and O–H groups in total. The van der Waals surface area contributed by atoms with Crippen molar-refractivity contribution < 1.29 is 8.78 Å². The highest BCUT2D eigenvalue weighted by Crippen LogP contribution is 2.37. The Kier molecular flexibility index (Phi) is 3.44. The zero-order valence-corrected chi connectivity index (χ0v) is 11.0. The van der Waals surface area contributed by atoms with E-state index < -0.39 is 11.6 Å². The maximum absolute atomic E-state index is 14.2. The SMILES string of the molecule is NCc1cc(F)c(N(CC2CC2)CC2CC2)c(F)c1. The maximum Gasteiger partial charge on any atom is 0.149 e. The summed E-state index contributed by atoms with van der Waals surface area (Å²) in [6.45, 7) is 1.73. The minimum absolute atomic E-state index is 0.149. The van der Waals surface area contributed by atoms with Crippen molar-refractivity contribution in [3.8, 4) is 0 Å². The molecule has 19 heavy (non-hydrogen) atoms. The molecule has 0 spiro atoms. The van der Waals surface area contributed by atoms with Gasteiger partial charge in [-0.2, -0.15) is 0 Å². The molecule has 2 nitrogen and oxygen atoms in total. The second-order valence-electron chi connectivity index (χ2n) is 5.90. The lowest BCUT2D eigenvalue weighted by Crippen LogP contribution is -2.30. The minimum atomic E-state index is -0.471. The van der Waals surface area contributed by atoms with Crippen LogP contribution in [0, 0.1) is 23.5 Å². The zero-order valence-electron chi connectivity index (χ0n) is 11.0. The van der Waals surface area contributed by atoms with E-state index in [0.717, 1.165) is 13.1 Å². The molecule has 2 saturated carbocycles. The molecular formula is C15H20F2N2. The lowest BCUT2D eigenvalue weighted by molar-refractivity contribution is 0.556. The van der Waals surface area contributed by atoms with Crippen molar-refractivity contribution in [2.45, 2.75) is 32.2 Å². The first-order chi connectivity index (χ1) is 9.17. The average Bonchev–Trinajstić information content (AvgIpc) is 3.23. The summed E-state index contributed by atoms with van der Waals surface area (Å²) in [5.41, 5.74) is 6.11. The van der Waals surface area contributed by atoms with E-state index in [1.54, 1.807) is 0 Å². The van der Waals surface area contributed by atoms with E-state index in [1.807, 2.05) is 4.90 Å². The van der Waals surface area contributed by atoms with Crippen LogP contribution in [-0.2, 0) is 6.54 Å². The van der Waals surface area contributed by atoms with Gasteiger partial charge in [-0.3, -0.25) is 0 Å².